The van der Waals surface area contributed by atoms with Gasteiger partial charge in [0.25, 0.3) is 0 Å². The molecule has 4 heteroatoms. The molecule has 3 nitrogen and oxygen atoms in total. The van der Waals surface area contributed by atoms with Crippen molar-refractivity contribution in [1.29, 1.82) is 0 Å². The van der Waals surface area contributed by atoms with Crippen molar-refractivity contribution in [2.24, 2.45) is 5.73 Å². The Balaban J connectivity index is 2.40. The fraction of sp³-hybridized carbons (Fsp3) is 0.154. The van der Waals surface area contributed by atoms with Crippen molar-refractivity contribution in [3.63, 3.8) is 0 Å². The summed E-state index contributed by atoms with van der Waals surface area (Å²) in [6.45, 7) is 0. The predicted octanol–water partition coefficient (Wildman–Crippen LogP) is 2.28. The van der Waals surface area contributed by atoms with Gasteiger partial charge in [-0.3, -0.25) is 4.98 Å². The zero-order chi connectivity index (χ0) is 12.3. The molecule has 2 N–H and O–H groups in total. The molecular formula is C13H13FN2O. The minimum Gasteiger partial charge on any atom is -0.495 e. The van der Waals surface area contributed by atoms with Gasteiger partial charge in [-0.25, -0.2) is 4.39 Å². The van der Waals surface area contributed by atoms with Gasteiger partial charge in [-0.2, -0.15) is 0 Å². The average Bonchev–Trinajstić information content (AvgIpc) is 2.38. The molecule has 0 aliphatic carbocycles. The van der Waals surface area contributed by atoms with E-state index < -0.39 is 6.04 Å². The maximum atomic E-state index is 13.1. The lowest BCUT2D eigenvalue weighted by Gasteiger charge is -2.15. The summed E-state index contributed by atoms with van der Waals surface area (Å²) in [7, 11) is 1.55. The van der Waals surface area contributed by atoms with Crippen LogP contribution in [0.2, 0.25) is 0 Å². The van der Waals surface area contributed by atoms with Gasteiger partial charge in [0.2, 0.25) is 0 Å². The molecule has 88 valence electrons. The largest absolute Gasteiger partial charge is 0.495 e. The van der Waals surface area contributed by atoms with E-state index >= 15 is 0 Å². The van der Waals surface area contributed by atoms with Crippen LogP contribution in [0.4, 0.5) is 4.39 Å². The lowest BCUT2D eigenvalue weighted by Crippen LogP contribution is -2.13. The zero-order valence-corrected chi connectivity index (χ0v) is 9.43. The van der Waals surface area contributed by atoms with Crippen LogP contribution >= 0.6 is 0 Å². The summed E-state index contributed by atoms with van der Waals surface area (Å²) in [5.41, 5.74) is 7.58. The molecule has 0 aliphatic rings. The van der Waals surface area contributed by atoms with Gasteiger partial charge in [0, 0.05) is 11.8 Å². The minimum absolute atomic E-state index is 0.300. The molecular weight excluding hydrogens is 219 g/mol. The minimum atomic E-state index is -0.427. The van der Waals surface area contributed by atoms with Crippen LogP contribution in [0.15, 0.2) is 42.7 Å². The highest BCUT2D eigenvalue weighted by atomic mass is 19.1. The van der Waals surface area contributed by atoms with Crippen LogP contribution in [0.1, 0.15) is 17.2 Å². The normalized spacial score (nSPS) is 12.2. The molecule has 1 atom stereocenters. The van der Waals surface area contributed by atoms with Gasteiger partial charge in [-0.1, -0.05) is 12.1 Å². The van der Waals surface area contributed by atoms with E-state index in [1.165, 1.54) is 12.1 Å². The molecule has 1 unspecified atom stereocenters. The van der Waals surface area contributed by atoms with Gasteiger partial charge in [0.1, 0.15) is 11.6 Å². The Bertz CT molecular complexity index is 516. The van der Waals surface area contributed by atoms with Crippen LogP contribution in [0.25, 0.3) is 0 Å². The second-order valence-corrected chi connectivity index (χ2v) is 3.65. The third-order valence-electron chi connectivity index (χ3n) is 2.58. The van der Waals surface area contributed by atoms with Crippen LogP contribution in [-0.2, 0) is 0 Å². The standard InChI is InChI=1S/C13H13FN2O/c1-17-12-8-16-6-5-11(12)13(15)9-3-2-4-10(14)7-9/h2-8,13H,15H2,1H3. The van der Waals surface area contributed by atoms with Crippen LogP contribution in [-0.4, -0.2) is 12.1 Å². The molecule has 0 spiro atoms. The van der Waals surface area contributed by atoms with Crippen molar-refractivity contribution in [1.82, 2.24) is 4.98 Å². The summed E-state index contributed by atoms with van der Waals surface area (Å²) >= 11 is 0. The Kier molecular flexibility index (Phi) is 3.35. The van der Waals surface area contributed by atoms with E-state index in [2.05, 4.69) is 4.98 Å². The molecule has 0 saturated carbocycles. The van der Waals surface area contributed by atoms with Crippen LogP contribution < -0.4 is 10.5 Å². The number of pyridine rings is 1. The second kappa shape index (κ2) is 4.93. The highest BCUT2D eigenvalue weighted by Crippen LogP contribution is 2.27. The molecule has 0 bridgehead atoms. The predicted molar refractivity (Wildman–Crippen MR) is 63.2 cm³/mol. The quantitative estimate of drug-likeness (QED) is 0.883. The first-order valence-electron chi connectivity index (χ1n) is 5.21. The maximum Gasteiger partial charge on any atom is 0.142 e. The highest BCUT2D eigenvalue weighted by molar-refractivity contribution is 5.39. The number of halogens is 1. The van der Waals surface area contributed by atoms with Crippen molar-refractivity contribution in [2.45, 2.75) is 6.04 Å². The third kappa shape index (κ3) is 2.42. The van der Waals surface area contributed by atoms with E-state index in [4.69, 9.17) is 10.5 Å². The monoisotopic (exact) mass is 232 g/mol. The van der Waals surface area contributed by atoms with E-state index in [-0.39, 0.29) is 5.82 Å². The van der Waals surface area contributed by atoms with Gasteiger partial charge in [0.05, 0.1) is 19.3 Å². The molecule has 2 rings (SSSR count). The van der Waals surface area contributed by atoms with Gasteiger partial charge in [-0.15, -0.1) is 0 Å². The van der Waals surface area contributed by atoms with E-state index in [0.717, 1.165) is 5.56 Å². The first-order chi connectivity index (χ1) is 8.22. The first kappa shape index (κ1) is 11.5. The fourth-order valence-electron chi connectivity index (χ4n) is 1.70. The summed E-state index contributed by atoms with van der Waals surface area (Å²) in [6.07, 6.45) is 3.23. The van der Waals surface area contributed by atoms with Crippen molar-refractivity contribution in [3.05, 3.63) is 59.7 Å². The Hall–Kier alpha value is -1.94. The van der Waals surface area contributed by atoms with E-state index in [1.807, 2.05) is 0 Å². The van der Waals surface area contributed by atoms with Crippen molar-refractivity contribution >= 4 is 0 Å². The molecule has 2 aromatic rings. The SMILES string of the molecule is COc1cnccc1C(N)c1cccc(F)c1. The Morgan fingerprint density at radius 3 is 2.88 bits per heavy atom. The smallest absolute Gasteiger partial charge is 0.142 e. The summed E-state index contributed by atoms with van der Waals surface area (Å²) in [5, 5.41) is 0. The van der Waals surface area contributed by atoms with Crippen molar-refractivity contribution < 1.29 is 9.13 Å². The average molecular weight is 232 g/mol. The molecule has 0 amide bonds. The lowest BCUT2D eigenvalue weighted by molar-refractivity contribution is 0.406. The molecule has 1 aromatic heterocycles. The van der Waals surface area contributed by atoms with Gasteiger partial charge >= 0.3 is 0 Å². The number of hydrogen-bond acceptors (Lipinski definition) is 3. The van der Waals surface area contributed by atoms with Gasteiger partial charge < -0.3 is 10.5 Å². The molecule has 0 saturated heterocycles. The lowest BCUT2D eigenvalue weighted by atomic mass is 10.00. The summed E-state index contributed by atoms with van der Waals surface area (Å²) in [5.74, 6) is 0.301. The van der Waals surface area contributed by atoms with E-state index in [9.17, 15) is 4.39 Å². The number of nitrogens with two attached hydrogens (primary N) is 1. The third-order valence-corrected chi connectivity index (χ3v) is 2.58. The second-order valence-electron chi connectivity index (χ2n) is 3.65. The van der Waals surface area contributed by atoms with Crippen LogP contribution in [0.5, 0.6) is 5.75 Å². The Morgan fingerprint density at radius 1 is 1.35 bits per heavy atom. The van der Waals surface area contributed by atoms with Crippen molar-refractivity contribution in [3.8, 4) is 5.75 Å². The number of aromatic nitrogens is 1. The molecule has 0 radical (unpaired) electrons. The molecule has 1 aromatic carbocycles. The maximum absolute atomic E-state index is 13.1. The summed E-state index contributed by atoms with van der Waals surface area (Å²) < 4.78 is 18.3. The fourth-order valence-corrected chi connectivity index (χ4v) is 1.70. The summed E-state index contributed by atoms with van der Waals surface area (Å²) in [4.78, 5) is 3.96. The number of methoxy groups -OCH3 is 1. The molecule has 1 heterocycles. The molecule has 0 aliphatic heterocycles. The number of ether oxygens (including phenoxy) is 1. The Morgan fingerprint density at radius 2 is 2.18 bits per heavy atom. The van der Waals surface area contributed by atoms with E-state index in [1.54, 1.807) is 37.7 Å². The topological polar surface area (TPSA) is 48.1 Å². The highest BCUT2D eigenvalue weighted by Gasteiger charge is 2.14. The number of rotatable bonds is 3. The van der Waals surface area contributed by atoms with E-state index in [0.29, 0.717) is 11.3 Å². The van der Waals surface area contributed by atoms with Gasteiger partial charge in [0.15, 0.2) is 0 Å². The molecule has 17 heavy (non-hydrogen) atoms. The number of hydrogen-bond donors (Lipinski definition) is 1. The zero-order valence-electron chi connectivity index (χ0n) is 9.43. The Labute approximate surface area is 99.1 Å². The van der Waals surface area contributed by atoms with Crippen LogP contribution in [0.3, 0.4) is 0 Å². The van der Waals surface area contributed by atoms with Crippen molar-refractivity contribution in [2.75, 3.05) is 7.11 Å². The number of nitrogens with zero attached hydrogens (tertiary/aromatic N) is 1. The summed E-state index contributed by atoms with van der Waals surface area (Å²) in [6, 6.07) is 7.58. The van der Waals surface area contributed by atoms with Crippen LogP contribution in [0, 0.1) is 5.82 Å². The molecule has 0 fully saturated rings. The first-order valence-corrected chi connectivity index (χ1v) is 5.21. The number of benzene rings is 1. The van der Waals surface area contributed by atoms with Gasteiger partial charge in [-0.05, 0) is 23.8 Å².